The highest BCUT2D eigenvalue weighted by Crippen LogP contribution is 2.33. The molecule has 0 unspecified atom stereocenters. The lowest BCUT2D eigenvalue weighted by atomic mass is 9.81. The normalized spacial score (nSPS) is 16.5. The van der Waals surface area contributed by atoms with Crippen molar-refractivity contribution >= 4 is 11.8 Å². The second-order valence-electron chi connectivity index (χ2n) is 6.61. The van der Waals surface area contributed by atoms with Gasteiger partial charge in [0.15, 0.2) is 5.82 Å². The quantitative estimate of drug-likeness (QED) is 0.897. The molecule has 4 nitrogen and oxygen atoms in total. The third kappa shape index (κ3) is 3.59. The topological polar surface area (TPSA) is 65.7 Å². The molecule has 5 heteroatoms. The molecule has 1 atom stereocenters. The molecule has 0 aliphatic carbocycles. The number of allylic oxidation sites excluding steroid dienone is 1. The van der Waals surface area contributed by atoms with E-state index in [1.165, 1.54) is 0 Å². The fourth-order valence-electron chi connectivity index (χ4n) is 2.71. The van der Waals surface area contributed by atoms with Crippen molar-refractivity contribution in [2.24, 2.45) is 4.99 Å². The Morgan fingerprint density at radius 2 is 2.09 bits per heavy atom. The first kappa shape index (κ1) is 16.8. The number of halogens is 1. The molecule has 0 saturated heterocycles. The van der Waals surface area contributed by atoms with Gasteiger partial charge in [0.25, 0.3) is 0 Å². The maximum Gasteiger partial charge on any atom is 0.153 e. The van der Waals surface area contributed by atoms with E-state index in [9.17, 15) is 5.11 Å². The molecule has 0 amide bonds. The first-order valence-electron chi connectivity index (χ1n) is 7.50. The molecule has 2 rings (SSSR count). The number of nitrogens with zero attached hydrogens (tertiary/aromatic N) is 2. The fourth-order valence-corrected chi connectivity index (χ4v) is 2.71. The minimum absolute atomic E-state index is 0.188. The van der Waals surface area contributed by atoms with Crippen LogP contribution in [-0.4, -0.2) is 40.7 Å². The van der Waals surface area contributed by atoms with Crippen molar-refractivity contribution in [3.63, 3.8) is 0 Å². The van der Waals surface area contributed by atoms with Crippen LogP contribution in [0.4, 0.5) is 4.39 Å². The Bertz CT molecular complexity index is 603. The Balaban J connectivity index is 2.52. The van der Waals surface area contributed by atoms with Gasteiger partial charge in [-0.1, -0.05) is 20.8 Å². The van der Waals surface area contributed by atoms with E-state index in [-0.39, 0.29) is 18.8 Å². The van der Waals surface area contributed by atoms with Crippen molar-refractivity contribution in [3.05, 3.63) is 34.9 Å². The van der Waals surface area contributed by atoms with E-state index < -0.39 is 11.5 Å². The van der Waals surface area contributed by atoms with Crippen molar-refractivity contribution in [3.8, 4) is 0 Å². The smallest absolute Gasteiger partial charge is 0.153 e. The van der Waals surface area contributed by atoms with Crippen LogP contribution in [0, 0.1) is 5.82 Å². The zero-order chi connectivity index (χ0) is 16.3. The van der Waals surface area contributed by atoms with E-state index in [4.69, 9.17) is 5.11 Å². The summed E-state index contributed by atoms with van der Waals surface area (Å²) in [6.45, 7) is 6.08. The van der Waals surface area contributed by atoms with Crippen molar-refractivity contribution in [2.75, 3.05) is 13.2 Å². The molecule has 2 N–H and O–H groups in total. The minimum Gasteiger partial charge on any atom is -0.394 e. The minimum atomic E-state index is -0.908. The fraction of sp³-hybridized carbons (Fsp3) is 0.529. The van der Waals surface area contributed by atoms with Crippen LogP contribution in [0.15, 0.2) is 17.3 Å². The molecule has 0 saturated carbocycles. The number of rotatable bonds is 4. The monoisotopic (exact) mass is 306 g/mol. The Hall–Kier alpha value is -1.59. The summed E-state index contributed by atoms with van der Waals surface area (Å²) in [7, 11) is 0. The molecule has 2 heterocycles. The molecular weight excluding hydrogens is 283 g/mol. The van der Waals surface area contributed by atoms with Crippen molar-refractivity contribution in [1.29, 1.82) is 0 Å². The van der Waals surface area contributed by atoms with Gasteiger partial charge in [0.2, 0.25) is 0 Å². The molecule has 1 aromatic rings. The Kier molecular flexibility index (Phi) is 5.08. The summed E-state index contributed by atoms with van der Waals surface area (Å²) in [5.74, 6) is -0.336. The van der Waals surface area contributed by atoms with Crippen LogP contribution in [0.1, 0.15) is 44.0 Å². The molecule has 0 bridgehead atoms. The van der Waals surface area contributed by atoms with E-state index in [0.717, 1.165) is 5.57 Å². The van der Waals surface area contributed by atoms with Gasteiger partial charge in [-0.15, -0.1) is 0 Å². The van der Waals surface area contributed by atoms with Gasteiger partial charge in [0.1, 0.15) is 5.69 Å². The van der Waals surface area contributed by atoms with Gasteiger partial charge >= 0.3 is 0 Å². The molecule has 1 aliphatic heterocycles. The van der Waals surface area contributed by atoms with E-state index in [1.54, 1.807) is 18.5 Å². The van der Waals surface area contributed by atoms with Crippen LogP contribution in [0.5, 0.6) is 0 Å². The van der Waals surface area contributed by atoms with Crippen LogP contribution in [-0.2, 0) is 11.8 Å². The van der Waals surface area contributed by atoms with Crippen molar-refractivity contribution < 1.29 is 14.6 Å². The van der Waals surface area contributed by atoms with E-state index >= 15 is 4.39 Å². The predicted molar refractivity (Wildman–Crippen MR) is 85.6 cm³/mol. The number of aliphatic imine (C=N–C) groups is 1. The third-order valence-corrected chi connectivity index (χ3v) is 3.71. The van der Waals surface area contributed by atoms with Crippen molar-refractivity contribution in [2.45, 2.75) is 45.1 Å². The SMILES string of the molecule is CC(C)(C)c1c(C[C@H](O)CO)cnc(C2=CC=NCC2)c1F. The van der Waals surface area contributed by atoms with Crippen LogP contribution < -0.4 is 0 Å². The zero-order valence-electron chi connectivity index (χ0n) is 13.3. The maximum atomic E-state index is 15.1. The maximum absolute atomic E-state index is 15.1. The van der Waals surface area contributed by atoms with E-state index in [0.29, 0.717) is 29.8 Å². The number of pyridine rings is 1. The molecule has 120 valence electrons. The summed E-state index contributed by atoms with van der Waals surface area (Å²) in [6, 6.07) is 0. The Morgan fingerprint density at radius 1 is 1.36 bits per heavy atom. The van der Waals surface area contributed by atoms with E-state index in [1.807, 2.05) is 20.8 Å². The third-order valence-electron chi connectivity index (χ3n) is 3.71. The molecule has 0 aromatic carbocycles. The number of hydrogen-bond acceptors (Lipinski definition) is 4. The number of dihydropyridines is 1. The summed E-state index contributed by atoms with van der Waals surface area (Å²) >= 11 is 0. The second-order valence-corrected chi connectivity index (χ2v) is 6.61. The number of aliphatic hydroxyl groups is 2. The lowest BCUT2D eigenvalue weighted by Gasteiger charge is -2.26. The zero-order valence-corrected chi connectivity index (χ0v) is 13.3. The highest BCUT2D eigenvalue weighted by Gasteiger charge is 2.27. The number of aromatic nitrogens is 1. The predicted octanol–water partition coefficient (Wildman–Crippen LogP) is 2.27. The van der Waals surface area contributed by atoms with Crippen LogP contribution >= 0.6 is 0 Å². The van der Waals surface area contributed by atoms with Gasteiger partial charge < -0.3 is 10.2 Å². The molecule has 0 radical (unpaired) electrons. The highest BCUT2D eigenvalue weighted by atomic mass is 19.1. The molecule has 0 spiro atoms. The summed E-state index contributed by atoms with van der Waals surface area (Å²) in [5.41, 5.74) is 1.97. The van der Waals surface area contributed by atoms with E-state index in [2.05, 4.69) is 9.98 Å². The van der Waals surface area contributed by atoms with Gasteiger partial charge in [-0.25, -0.2) is 4.39 Å². The summed E-state index contributed by atoms with van der Waals surface area (Å²) in [4.78, 5) is 8.37. The van der Waals surface area contributed by atoms with Crippen molar-refractivity contribution in [1.82, 2.24) is 4.98 Å². The Labute approximate surface area is 130 Å². The average Bonchev–Trinajstić information content (AvgIpc) is 2.46. The second kappa shape index (κ2) is 6.67. The molecular formula is C17H23FN2O2. The Morgan fingerprint density at radius 3 is 2.64 bits per heavy atom. The molecule has 0 fully saturated rings. The lowest BCUT2D eigenvalue weighted by Crippen LogP contribution is -2.23. The highest BCUT2D eigenvalue weighted by molar-refractivity contribution is 5.85. The van der Waals surface area contributed by atoms with Gasteiger partial charge in [-0.2, -0.15) is 0 Å². The number of aliphatic hydroxyl groups excluding tert-OH is 2. The standard InChI is InChI=1S/C17H23FN2O2/c1-17(2,3)14-12(8-13(22)10-21)9-20-16(15(14)18)11-4-6-19-7-5-11/h4,6,9,13,21-22H,5,7-8,10H2,1-3H3/t13-/m0/s1. The average molecular weight is 306 g/mol. The van der Waals surface area contributed by atoms with Gasteiger partial charge in [-0.05, 0) is 29.0 Å². The number of hydrogen-bond donors (Lipinski definition) is 2. The summed E-state index contributed by atoms with van der Waals surface area (Å²) in [5, 5.41) is 18.7. The van der Waals surface area contributed by atoms with Gasteiger partial charge in [0, 0.05) is 30.9 Å². The van der Waals surface area contributed by atoms with Crippen LogP contribution in [0.3, 0.4) is 0 Å². The van der Waals surface area contributed by atoms with Crippen LogP contribution in [0.2, 0.25) is 0 Å². The largest absolute Gasteiger partial charge is 0.394 e. The first-order chi connectivity index (χ1) is 10.3. The first-order valence-corrected chi connectivity index (χ1v) is 7.50. The molecule has 1 aliphatic rings. The molecule has 1 aromatic heterocycles. The lowest BCUT2D eigenvalue weighted by molar-refractivity contribution is 0.0950. The summed E-state index contributed by atoms with van der Waals surface area (Å²) in [6.07, 6.45) is 5.04. The van der Waals surface area contributed by atoms with Gasteiger partial charge in [0.05, 0.1) is 12.7 Å². The summed E-state index contributed by atoms with van der Waals surface area (Å²) < 4.78 is 15.1. The van der Waals surface area contributed by atoms with Gasteiger partial charge in [-0.3, -0.25) is 9.98 Å². The molecule has 22 heavy (non-hydrogen) atoms. The van der Waals surface area contributed by atoms with Crippen LogP contribution in [0.25, 0.3) is 5.57 Å².